The van der Waals surface area contributed by atoms with Gasteiger partial charge in [-0.25, -0.2) is 9.97 Å². The number of hydrogen-bond acceptors (Lipinski definition) is 7. The van der Waals surface area contributed by atoms with Gasteiger partial charge in [0, 0.05) is 66.5 Å². The van der Waals surface area contributed by atoms with E-state index in [0.717, 1.165) is 29.1 Å². The number of non-ortho nitro benzene ring substituents is 1. The summed E-state index contributed by atoms with van der Waals surface area (Å²) in [5, 5.41) is 11.8. The fourth-order valence-corrected chi connectivity index (χ4v) is 5.13. The van der Waals surface area contributed by atoms with Gasteiger partial charge in [0.1, 0.15) is 17.4 Å². The summed E-state index contributed by atoms with van der Waals surface area (Å²) in [5.74, 6) is 0.938. The van der Waals surface area contributed by atoms with Crippen LogP contribution in [0, 0.1) is 10.1 Å². The first-order chi connectivity index (χ1) is 20.6. The number of anilines is 1. The molecule has 11 nitrogen and oxygen atoms in total. The second-order valence-corrected chi connectivity index (χ2v) is 9.79. The number of carbonyl (C=O) groups excluding carboxylic acids is 1. The van der Waals surface area contributed by atoms with Crippen LogP contribution in [0.1, 0.15) is 30.9 Å². The van der Waals surface area contributed by atoms with E-state index in [-0.39, 0.29) is 11.6 Å². The van der Waals surface area contributed by atoms with Crippen molar-refractivity contribution in [3.8, 4) is 16.9 Å². The third-order valence-corrected chi connectivity index (χ3v) is 7.13. The Balaban J connectivity index is 1.44. The summed E-state index contributed by atoms with van der Waals surface area (Å²) in [6.45, 7) is 2.76. The molecule has 0 saturated carbocycles. The van der Waals surface area contributed by atoms with Crippen molar-refractivity contribution < 1.29 is 14.1 Å². The van der Waals surface area contributed by atoms with Crippen LogP contribution in [0.2, 0.25) is 0 Å². The summed E-state index contributed by atoms with van der Waals surface area (Å²) in [6.07, 6.45) is 10.8. The molecule has 2 aromatic carbocycles. The van der Waals surface area contributed by atoms with Gasteiger partial charge in [-0.1, -0.05) is 25.1 Å². The lowest BCUT2D eigenvalue weighted by Crippen LogP contribution is -2.31. The van der Waals surface area contributed by atoms with Gasteiger partial charge >= 0.3 is 0 Å². The molecule has 0 aliphatic heterocycles. The van der Waals surface area contributed by atoms with Crippen LogP contribution in [-0.2, 0) is 17.8 Å². The van der Waals surface area contributed by atoms with Crippen molar-refractivity contribution in [2.24, 2.45) is 0 Å². The number of fused-ring (bicyclic) bond motifs is 1. The van der Waals surface area contributed by atoms with Crippen LogP contribution >= 0.6 is 0 Å². The molecule has 1 atom stereocenters. The summed E-state index contributed by atoms with van der Waals surface area (Å²) < 4.78 is 10.1. The van der Waals surface area contributed by atoms with E-state index in [1.54, 1.807) is 24.8 Å². The minimum atomic E-state index is -0.571. The van der Waals surface area contributed by atoms with Crippen LogP contribution in [-0.4, -0.2) is 35.4 Å². The van der Waals surface area contributed by atoms with Crippen molar-refractivity contribution >= 4 is 29.0 Å². The predicted octanol–water partition coefficient (Wildman–Crippen LogP) is 6.14. The Morgan fingerprint density at radius 2 is 1.93 bits per heavy atom. The van der Waals surface area contributed by atoms with Crippen LogP contribution in [0.15, 0.2) is 102 Å². The van der Waals surface area contributed by atoms with E-state index in [2.05, 4.69) is 21.5 Å². The molecule has 4 heterocycles. The zero-order valence-corrected chi connectivity index (χ0v) is 22.8. The third kappa shape index (κ3) is 5.15. The molecule has 1 amide bonds. The number of furan rings is 1. The molecule has 0 radical (unpaired) electrons. The number of pyridine rings is 1. The van der Waals surface area contributed by atoms with Crippen molar-refractivity contribution in [1.29, 1.82) is 0 Å². The number of hydrogen-bond donors (Lipinski definition) is 0. The van der Waals surface area contributed by atoms with Gasteiger partial charge in [-0.3, -0.25) is 24.8 Å². The van der Waals surface area contributed by atoms with Crippen molar-refractivity contribution in [2.75, 3.05) is 4.90 Å². The quantitative estimate of drug-likeness (QED) is 0.106. The summed E-state index contributed by atoms with van der Waals surface area (Å²) in [5.41, 5.74) is 4.05. The SMILES string of the molecule is CCCn1c(-c2ccc(-n3ccnc3)cc2)cnc1[C@H](Cc1ccccn1)N(C=O)c1cc2cc([N+](=O)[O-])ccc2o1. The van der Waals surface area contributed by atoms with Crippen LogP contribution in [0.25, 0.3) is 27.9 Å². The van der Waals surface area contributed by atoms with Crippen LogP contribution in [0.4, 0.5) is 11.6 Å². The molecule has 0 unspecified atom stereocenters. The molecule has 0 bridgehead atoms. The molecule has 11 heteroatoms. The first kappa shape index (κ1) is 26.6. The molecule has 0 spiro atoms. The van der Waals surface area contributed by atoms with Gasteiger partial charge in [0.05, 0.1) is 23.1 Å². The summed E-state index contributed by atoms with van der Waals surface area (Å²) in [6, 6.07) is 19.2. The maximum atomic E-state index is 12.8. The van der Waals surface area contributed by atoms with Crippen molar-refractivity contribution in [1.82, 2.24) is 24.1 Å². The topological polar surface area (TPSA) is 125 Å². The molecule has 0 aliphatic carbocycles. The number of nitro groups is 1. The number of amides is 1. The Kier molecular flexibility index (Phi) is 7.29. The Bertz CT molecular complexity index is 1830. The van der Waals surface area contributed by atoms with Gasteiger partial charge in [0.2, 0.25) is 12.3 Å². The highest BCUT2D eigenvalue weighted by molar-refractivity contribution is 5.86. The predicted molar refractivity (Wildman–Crippen MR) is 157 cm³/mol. The van der Waals surface area contributed by atoms with E-state index < -0.39 is 11.0 Å². The second kappa shape index (κ2) is 11.5. The van der Waals surface area contributed by atoms with E-state index in [1.807, 2.05) is 59.4 Å². The Morgan fingerprint density at radius 3 is 2.62 bits per heavy atom. The van der Waals surface area contributed by atoms with Crippen molar-refractivity contribution in [3.63, 3.8) is 0 Å². The van der Waals surface area contributed by atoms with Crippen molar-refractivity contribution in [2.45, 2.75) is 32.4 Å². The van der Waals surface area contributed by atoms with E-state index in [1.165, 1.54) is 23.1 Å². The summed E-state index contributed by atoms with van der Waals surface area (Å²) in [7, 11) is 0. The monoisotopic (exact) mass is 561 g/mol. The Labute approximate surface area is 240 Å². The van der Waals surface area contributed by atoms with Gasteiger partial charge in [-0.2, -0.15) is 0 Å². The highest BCUT2D eigenvalue weighted by Crippen LogP contribution is 2.35. The standard InChI is InChI=1S/C31H27N7O4/c1-2-14-36-28(22-6-8-25(9-7-22)35-15-13-32-20-35)19-34-31(36)27(18-24-5-3-4-12-33-24)37(21-39)30-17-23-16-26(38(40)41)10-11-29(23)42-30/h3-13,15-17,19-21,27H,2,14,18H2,1H3/t27-/m0/s1. The maximum absolute atomic E-state index is 12.8. The van der Waals surface area contributed by atoms with Gasteiger partial charge < -0.3 is 13.6 Å². The molecule has 6 rings (SSSR count). The number of aromatic nitrogens is 5. The van der Waals surface area contributed by atoms with Crippen molar-refractivity contribution in [3.05, 3.63) is 119 Å². The number of benzene rings is 2. The number of nitro benzene ring substituents is 1. The minimum absolute atomic E-state index is 0.0558. The van der Waals surface area contributed by atoms with Gasteiger partial charge in [0.25, 0.3) is 5.69 Å². The zero-order chi connectivity index (χ0) is 29.1. The third-order valence-electron chi connectivity index (χ3n) is 7.13. The first-order valence-electron chi connectivity index (χ1n) is 13.5. The van der Waals surface area contributed by atoms with E-state index in [4.69, 9.17) is 9.40 Å². The maximum Gasteiger partial charge on any atom is 0.270 e. The number of rotatable bonds is 11. The van der Waals surface area contributed by atoms with Gasteiger partial charge in [-0.05, 0) is 42.3 Å². The fraction of sp³-hybridized carbons (Fsp3) is 0.161. The molecule has 0 N–H and O–H groups in total. The highest BCUT2D eigenvalue weighted by Gasteiger charge is 2.30. The average Bonchev–Trinajstić information content (AvgIpc) is 3.78. The van der Waals surface area contributed by atoms with Gasteiger partial charge in [0.15, 0.2) is 0 Å². The lowest BCUT2D eigenvalue weighted by atomic mass is 10.1. The molecule has 210 valence electrons. The van der Waals surface area contributed by atoms with Gasteiger partial charge in [-0.15, -0.1) is 0 Å². The number of carbonyl (C=O) groups is 1. The van der Waals surface area contributed by atoms with Crippen LogP contribution in [0.3, 0.4) is 0 Å². The zero-order valence-electron chi connectivity index (χ0n) is 22.8. The smallest absolute Gasteiger partial charge is 0.270 e. The Morgan fingerprint density at radius 1 is 1.07 bits per heavy atom. The molecular weight excluding hydrogens is 534 g/mol. The largest absolute Gasteiger partial charge is 0.440 e. The molecule has 0 saturated heterocycles. The molecule has 0 aliphatic rings. The number of imidazole rings is 2. The lowest BCUT2D eigenvalue weighted by molar-refractivity contribution is -0.384. The molecule has 4 aromatic heterocycles. The summed E-state index contributed by atoms with van der Waals surface area (Å²) in [4.78, 5) is 38.6. The van der Waals surface area contributed by atoms with E-state index >= 15 is 0 Å². The normalized spacial score (nSPS) is 11.9. The highest BCUT2D eigenvalue weighted by atomic mass is 16.6. The first-order valence-corrected chi connectivity index (χ1v) is 13.5. The molecule has 42 heavy (non-hydrogen) atoms. The molecule has 0 fully saturated rings. The summed E-state index contributed by atoms with van der Waals surface area (Å²) >= 11 is 0. The van der Waals surface area contributed by atoms with E-state index in [0.29, 0.717) is 36.2 Å². The van der Waals surface area contributed by atoms with Crippen LogP contribution in [0.5, 0.6) is 0 Å². The van der Waals surface area contributed by atoms with Crippen LogP contribution < -0.4 is 4.90 Å². The second-order valence-electron chi connectivity index (χ2n) is 9.79. The fourth-order valence-electron chi connectivity index (χ4n) is 5.13. The average molecular weight is 562 g/mol. The number of nitrogens with zero attached hydrogens (tertiary/aromatic N) is 7. The lowest BCUT2D eigenvalue weighted by Gasteiger charge is -2.27. The van der Waals surface area contributed by atoms with E-state index in [9.17, 15) is 14.9 Å². The minimum Gasteiger partial charge on any atom is -0.440 e. The Hall–Kier alpha value is -5.58. The molecular formula is C31H27N7O4. The molecule has 6 aromatic rings.